The van der Waals surface area contributed by atoms with E-state index in [4.69, 9.17) is 19.4 Å². The molecule has 49 heavy (non-hydrogen) atoms. The van der Waals surface area contributed by atoms with Crippen molar-refractivity contribution in [2.45, 2.75) is 51.1 Å². The van der Waals surface area contributed by atoms with Gasteiger partial charge in [0.25, 0.3) is 0 Å². The Kier molecular flexibility index (Phi) is 7.41. The highest BCUT2D eigenvalue weighted by molar-refractivity contribution is 6.04. The van der Waals surface area contributed by atoms with Crippen LogP contribution >= 0.6 is 0 Å². The number of fused-ring (bicyclic) bond motifs is 5. The summed E-state index contributed by atoms with van der Waals surface area (Å²) in [6.07, 6.45) is 4.58. The SMILES string of the molecule is CCc1c(F)ccc2cc(O)cc(-c3c(C#N)cc4c(N5CC6CCC(C5)N6)nc(OCC5(CN6C[C@H]7COC[C@@H]7C6)CC5)nc4c3F)c12. The van der Waals surface area contributed by atoms with E-state index in [1.54, 1.807) is 12.1 Å². The van der Waals surface area contributed by atoms with Crippen LogP contribution < -0.4 is 15.0 Å². The minimum Gasteiger partial charge on any atom is -0.508 e. The number of likely N-dealkylation sites (tertiary alicyclic amines) is 1. The molecule has 2 N–H and O–H groups in total. The zero-order valence-electron chi connectivity index (χ0n) is 27.6. The molecule has 9 nitrogen and oxygen atoms in total. The second-order valence-electron chi connectivity index (χ2n) is 15.0. The lowest BCUT2D eigenvalue weighted by molar-refractivity contribution is 0.131. The summed E-state index contributed by atoms with van der Waals surface area (Å²) < 4.78 is 44.5. The smallest absolute Gasteiger partial charge is 0.319 e. The molecule has 2 unspecified atom stereocenters. The van der Waals surface area contributed by atoms with Crippen LogP contribution in [0, 0.1) is 40.2 Å². The maximum Gasteiger partial charge on any atom is 0.319 e. The molecule has 9 rings (SSSR count). The highest BCUT2D eigenvalue weighted by atomic mass is 19.1. The molecule has 0 amide bonds. The summed E-state index contributed by atoms with van der Waals surface area (Å²) in [4.78, 5) is 14.3. The summed E-state index contributed by atoms with van der Waals surface area (Å²) in [5.41, 5.74) is 0.753. The third-order valence-electron chi connectivity index (χ3n) is 11.6. The highest BCUT2D eigenvalue weighted by Gasteiger charge is 2.48. The van der Waals surface area contributed by atoms with Gasteiger partial charge in [0.05, 0.1) is 31.5 Å². The van der Waals surface area contributed by atoms with Crippen molar-refractivity contribution in [1.82, 2.24) is 20.2 Å². The first kappa shape index (κ1) is 30.9. The van der Waals surface area contributed by atoms with Gasteiger partial charge in [-0.2, -0.15) is 15.2 Å². The zero-order chi connectivity index (χ0) is 33.4. The maximum atomic E-state index is 17.2. The number of anilines is 1. The standard InChI is InChI=1S/C38H40F2N6O3/c1-2-28-31(39)6-3-21-9-27(47)11-29(32(21)28)33-22(12-41)10-30-35(34(33)40)43-37(44-36(30)46-15-25-4-5-26(16-46)42-25)49-20-38(7-8-38)19-45-13-23-17-48-18-24(23)14-45/h3,6,9-11,23-26,42,47H,2,4-5,7-8,13-20H2,1H3/t23-,24-,25?,26?/m0/s1. The van der Waals surface area contributed by atoms with E-state index >= 15 is 8.78 Å². The third kappa shape index (κ3) is 5.36. The molecule has 4 saturated heterocycles. The van der Waals surface area contributed by atoms with Gasteiger partial charge in [-0.3, -0.25) is 0 Å². The van der Waals surface area contributed by atoms with Crippen LogP contribution in [0.3, 0.4) is 0 Å². The summed E-state index contributed by atoms with van der Waals surface area (Å²) in [6.45, 7) is 8.43. The molecular formula is C38H40F2N6O3. The highest BCUT2D eigenvalue weighted by Crippen LogP contribution is 2.48. The molecule has 1 saturated carbocycles. The predicted molar refractivity (Wildman–Crippen MR) is 182 cm³/mol. The van der Waals surface area contributed by atoms with Crippen LogP contribution in [0.2, 0.25) is 0 Å². The fourth-order valence-electron chi connectivity index (χ4n) is 8.99. The lowest BCUT2D eigenvalue weighted by Crippen LogP contribution is -2.51. The van der Waals surface area contributed by atoms with Crippen LogP contribution in [0.25, 0.3) is 32.8 Å². The number of nitriles is 1. The van der Waals surface area contributed by atoms with E-state index in [2.05, 4.69) is 21.2 Å². The molecule has 4 aliphatic heterocycles. The number of benzene rings is 3. The van der Waals surface area contributed by atoms with Crippen molar-refractivity contribution >= 4 is 27.5 Å². The second-order valence-corrected chi connectivity index (χ2v) is 15.0. The van der Waals surface area contributed by atoms with Gasteiger partial charge in [0.1, 0.15) is 22.9 Å². The molecule has 5 aliphatic rings. The first-order chi connectivity index (χ1) is 23.8. The van der Waals surface area contributed by atoms with E-state index in [1.165, 1.54) is 18.2 Å². The second kappa shape index (κ2) is 11.8. The Bertz CT molecular complexity index is 2010. The molecule has 1 aliphatic carbocycles. The average molecular weight is 667 g/mol. The number of phenols is 1. The van der Waals surface area contributed by atoms with E-state index in [0.29, 0.717) is 77.6 Å². The molecule has 5 fully saturated rings. The number of rotatable bonds is 8. The van der Waals surface area contributed by atoms with Crippen molar-refractivity contribution < 1.29 is 23.4 Å². The molecule has 4 aromatic rings. The largest absolute Gasteiger partial charge is 0.508 e. The number of nitrogens with one attached hydrogen (secondary N) is 1. The van der Waals surface area contributed by atoms with Gasteiger partial charge in [-0.15, -0.1) is 0 Å². The molecule has 5 heterocycles. The van der Waals surface area contributed by atoms with E-state index in [9.17, 15) is 10.4 Å². The quantitative estimate of drug-likeness (QED) is 0.251. The van der Waals surface area contributed by atoms with Gasteiger partial charge < -0.3 is 29.7 Å². The molecule has 4 atom stereocenters. The molecule has 1 aromatic heterocycles. The first-order valence-electron chi connectivity index (χ1n) is 17.6. The fourth-order valence-corrected chi connectivity index (χ4v) is 8.99. The van der Waals surface area contributed by atoms with E-state index in [0.717, 1.165) is 58.5 Å². The van der Waals surface area contributed by atoms with Gasteiger partial charge >= 0.3 is 6.01 Å². The minimum absolute atomic E-state index is 0.0155. The Morgan fingerprint density at radius 3 is 2.51 bits per heavy atom. The Balaban J connectivity index is 1.14. The summed E-state index contributed by atoms with van der Waals surface area (Å²) >= 11 is 0. The summed E-state index contributed by atoms with van der Waals surface area (Å²) in [5.74, 6) is 0.536. The number of halogens is 2. The van der Waals surface area contributed by atoms with Gasteiger partial charge in [0.2, 0.25) is 0 Å². The van der Waals surface area contributed by atoms with Crippen molar-refractivity contribution in [1.29, 1.82) is 5.26 Å². The van der Waals surface area contributed by atoms with Crippen molar-refractivity contribution in [2.24, 2.45) is 17.3 Å². The minimum atomic E-state index is -0.717. The maximum absolute atomic E-state index is 17.2. The van der Waals surface area contributed by atoms with Gasteiger partial charge in [-0.1, -0.05) is 13.0 Å². The van der Waals surface area contributed by atoms with Crippen LogP contribution in [0.5, 0.6) is 11.8 Å². The van der Waals surface area contributed by atoms with Crippen LogP contribution in [0.1, 0.15) is 43.7 Å². The van der Waals surface area contributed by atoms with E-state index in [1.807, 2.05) is 6.92 Å². The Labute approximate surface area is 283 Å². The number of aryl methyl sites for hydroxylation is 1. The summed E-state index contributed by atoms with van der Waals surface area (Å²) in [7, 11) is 0. The Morgan fingerprint density at radius 1 is 1.06 bits per heavy atom. The van der Waals surface area contributed by atoms with Crippen LogP contribution in [-0.2, 0) is 11.2 Å². The molecule has 2 bridgehead atoms. The number of aromatic nitrogens is 2. The zero-order valence-corrected chi connectivity index (χ0v) is 27.6. The number of hydrogen-bond donors (Lipinski definition) is 2. The Hall–Kier alpha value is -4.11. The number of piperazine rings is 1. The Morgan fingerprint density at radius 2 is 1.82 bits per heavy atom. The van der Waals surface area contributed by atoms with Crippen LogP contribution in [0.15, 0.2) is 30.3 Å². The first-order valence-corrected chi connectivity index (χ1v) is 17.6. The van der Waals surface area contributed by atoms with E-state index < -0.39 is 11.6 Å². The van der Waals surface area contributed by atoms with E-state index in [-0.39, 0.29) is 39.4 Å². The molecule has 0 spiro atoms. The summed E-state index contributed by atoms with van der Waals surface area (Å²) in [6, 6.07) is 10.4. The van der Waals surface area contributed by atoms with Gasteiger partial charge in [0, 0.05) is 73.0 Å². The summed E-state index contributed by atoms with van der Waals surface area (Å²) in [5, 5.41) is 26.3. The predicted octanol–water partition coefficient (Wildman–Crippen LogP) is 5.55. The monoisotopic (exact) mass is 666 g/mol. The number of phenolic OH excluding ortho intramolecular Hbond substituents is 1. The molecule has 254 valence electrons. The number of nitrogens with zero attached hydrogens (tertiary/aromatic N) is 5. The number of ether oxygens (including phenoxy) is 2. The van der Waals surface area contributed by atoms with Crippen LogP contribution in [-0.4, -0.2) is 84.6 Å². The van der Waals surface area contributed by atoms with Crippen molar-refractivity contribution in [3.63, 3.8) is 0 Å². The fraction of sp³-hybridized carbons (Fsp3) is 0.500. The van der Waals surface area contributed by atoms with Crippen molar-refractivity contribution in [3.05, 3.63) is 53.1 Å². The lowest BCUT2D eigenvalue weighted by atomic mass is 9.89. The van der Waals surface area contributed by atoms with Gasteiger partial charge in [0.15, 0.2) is 5.82 Å². The molecule has 0 radical (unpaired) electrons. The van der Waals surface area contributed by atoms with Gasteiger partial charge in [-0.05, 0) is 78.3 Å². The molecule has 11 heteroatoms. The number of aromatic hydroxyl groups is 1. The van der Waals surface area contributed by atoms with Gasteiger partial charge in [-0.25, -0.2) is 8.78 Å². The van der Waals surface area contributed by atoms with Crippen LogP contribution in [0.4, 0.5) is 14.6 Å². The topological polar surface area (TPSA) is 107 Å². The van der Waals surface area contributed by atoms with Crippen molar-refractivity contribution in [3.8, 4) is 29.0 Å². The molecule has 3 aromatic carbocycles. The van der Waals surface area contributed by atoms with Crippen molar-refractivity contribution in [2.75, 3.05) is 57.4 Å². The molecular weight excluding hydrogens is 626 g/mol. The lowest BCUT2D eigenvalue weighted by Gasteiger charge is -2.34. The number of hydrogen-bond acceptors (Lipinski definition) is 9. The normalized spacial score (nSPS) is 25.6. The average Bonchev–Trinajstić information content (AvgIpc) is 3.34. The third-order valence-corrected chi connectivity index (χ3v) is 11.6.